The normalized spacial score (nSPS) is 13.7. The van der Waals surface area contributed by atoms with E-state index in [4.69, 9.17) is 4.74 Å². The molecule has 1 saturated heterocycles. The molecule has 14 heteroatoms. The number of ether oxygens (including phenoxy) is 1. The van der Waals surface area contributed by atoms with Gasteiger partial charge in [-0.3, -0.25) is 10.1 Å². The highest BCUT2D eigenvalue weighted by Crippen LogP contribution is 2.33. The second-order valence-electron chi connectivity index (χ2n) is 9.02. The molecule has 0 aliphatic carbocycles. The topological polar surface area (TPSA) is 130 Å². The van der Waals surface area contributed by atoms with E-state index >= 15 is 0 Å². The number of halogens is 3. The Morgan fingerprint density at radius 3 is 2.73 bits per heavy atom. The van der Waals surface area contributed by atoms with Crippen molar-refractivity contribution in [3.8, 4) is 17.0 Å². The third kappa shape index (κ3) is 5.10. The lowest BCUT2D eigenvalue weighted by atomic mass is 10.0. The quantitative estimate of drug-likeness (QED) is 0.282. The largest absolute Gasteiger partial charge is 0.475 e. The Bertz CT molecular complexity index is 1750. The number of nitrogens with zero attached hydrogens (tertiary/aromatic N) is 5. The van der Waals surface area contributed by atoms with Gasteiger partial charge in [0.2, 0.25) is 11.8 Å². The first-order valence-corrected chi connectivity index (χ1v) is 12.2. The van der Waals surface area contributed by atoms with E-state index in [2.05, 4.69) is 30.7 Å². The molecule has 0 unspecified atom stereocenters. The van der Waals surface area contributed by atoms with E-state index in [0.717, 1.165) is 12.1 Å². The number of carbonyl (C=O) groups excluding carboxylic acids is 2. The highest BCUT2D eigenvalue weighted by Gasteiger charge is 2.30. The fourth-order valence-corrected chi connectivity index (χ4v) is 4.33. The molecule has 2 aromatic carbocycles. The van der Waals surface area contributed by atoms with Gasteiger partial charge in [-0.15, -0.1) is 5.10 Å². The fraction of sp³-hybridized carbons (Fsp3) is 0.192. The number of H-pyrrole nitrogens is 1. The van der Waals surface area contributed by atoms with Gasteiger partial charge in [-0.05, 0) is 41.5 Å². The fourth-order valence-electron chi connectivity index (χ4n) is 4.33. The van der Waals surface area contributed by atoms with Gasteiger partial charge in [0.25, 0.3) is 5.91 Å². The van der Waals surface area contributed by atoms with Crippen LogP contribution in [0.5, 0.6) is 5.88 Å². The van der Waals surface area contributed by atoms with Crippen LogP contribution in [0.1, 0.15) is 16.1 Å². The summed E-state index contributed by atoms with van der Waals surface area (Å²) in [5.74, 6) is -0.0725. The molecule has 40 heavy (non-hydrogen) atoms. The molecule has 0 bridgehead atoms. The summed E-state index contributed by atoms with van der Waals surface area (Å²) in [6.45, 7) is 1.91. The molecule has 11 nitrogen and oxygen atoms in total. The summed E-state index contributed by atoms with van der Waals surface area (Å²) < 4.78 is 46.4. The van der Waals surface area contributed by atoms with E-state index in [1.807, 2.05) is 0 Å². The molecule has 0 radical (unpaired) electrons. The molecular formula is C26H21F3N8O3. The van der Waals surface area contributed by atoms with Crippen LogP contribution in [0, 0.1) is 0 Å². The van der Waals surface area contributed by atoms with Gasteiger partial charge in [0.05, 0.1) is 29.3 Å². The van der Waals surface area contributed by atoms with E-state index < -0.39 is 17.6 Å². The standard InChI is InChI=1S/C26H21F3N8O3/c27-26(28,29)17-3-1-2-15(12-17)16-4-5-18-19(13-16)33-24(32-18)34-23(38)20-14-37-21(31-20)6-7-22(35-37)40-11-10-36-9-8-30-25(36)39/h1-7,12-14H,8-11H2,(H,30,39)(H2,32,33,34,38). The van der Waals surface area contributed by atoms with Gasteiger partial charge in [0.15, 0.2) is 5.65 Å². The van der Waals surface area contributed by atoms with Crippen molar-refractivity contribution < 1.29 is 27.5 Å². The Labute approximate surface area is 224 Å². The highest BCUT2D eigenvalue weighted by molar-refractivity contribution is 6.03. The molecule has 4 heterocycles. The zero-order valence-corrected chi connectivity index (χ0v) is 20.7. The number of nitrogens with one attached hydrogen (secondary N) is 3. The lowest BCUT2D eigenvalue weighted by Gasteiger charge is -2.13. The van der Waals surface area contributed by atoms with E-state index in [0.29, 0.717) is 53.3 Å². The van der Waals surface area contributed by atoms with Crippen LogP contribution in [-0.4, -0.2) is 67.6 Å². The molecule has 3 N–H and O–H groups in total. The van der Waals surface area contributed by atoms with Crippen molar-refractivity contribution in [1.29, 1.82) is 0 Å². The van der Waals surface area contributed by atoms with Crippen LogP contribution in [0.3, 0.4) is 0 Å². The van der Waals surface area contributed by atoms with Crippen molar-refractivity contribution in [2.24, 2.45) is 0 Å². The SMILES string of the molecule is O=C(Nc1nc2ccc(-c3cccc(C(F)(F)F)c3)cc2[nH]1)c1cn2nc(OCCN3CCNC3=O)ccc2n1. The number of amides is 3. The number of rotatable bonds is 7. The Kier molecular flexibility index (Phi) is 6.21. The minimum Gasteiger partial charge on any atom is -0.475 e. The molecule has 6 rings (SSSR count). The average Bonchev–Trinajstić information content (AvgIpc) is 3.65. The third-order valence-electron chi connectivity index (χ3n) is 6.32. The number of benzene rings is 2. The number of aromatic nitrogens is 5. The Balaban J connectivity index is 1.14. The van der Waals surface area contributed by atoms with E-state index in [1.165, 1.54) is 16.8 Å². The van der Waals surface area contributed by atoms with Crippen molar-refractivity contribution in [2.45, 2.75) is 6.18 Å². The molecule has 204 valence electrons. The lowest BCUT2D eigenvalue weighted by molar-refractivity contribution is -0.137. The third-order valence-corrected chi connectivity index (χ3v) is 6.32. The molecular weight excluding hydrogens is 529 g/mol. The summed E-state index contributed by atoms with van der Waals surface area (Å²) in [6, 6.07) is 13.2. The summed E-state index contributed by atoms with van der Waals surface area (Å²) in [7, 11) is 0. The van der Waals surface area contributed by atoms with Gasteiger partial charge < -0.3 is 19.9 Å². The molecule has 1 fully saturated rings. The summed E-state index contributed by atoms with van der Waals surface area (Å²) in [4.78, 5) is 37.7. The first kappa shape index (κ1) is 25.2. The number of imidazole rings is 2. The van der Waals surface area contributed by atoms with Crippen molar-refractivity contribution in [3.63, 3.8) is 0 Å². The van der Waals surface area contributed by atoms with Gasteiger partial charge in [-0.1, -0.05) is 18.2 Å². The zero-order valence-electron chi connectivity index (χ0n) is 20.7. The van der Waals surface area contributed by atoms with Crippen molar-refractivity contribution in [3.05, 3.63) is 72.1 Å². The van der Waals surface area contributed by atoms with Crippen LogP contribution in [0.4, 0.5) is 23.9 Å². The van der Waals surface area contributed by atoms with Crippen molar-refractivity contribution in [2.75, 3.05) is 31.6 Å². The number of aromatic amines is 1. The van der Waals surface area contributed by atoms with Gasteiger partial charge in [0, 0.05) is 19.2 Å². The van der Waals surface area contributed by atoms with E-state index in [9.17, 15) is 22.8 Å². The smallest absolute Gasteiger partial charge is 0.416 e. The molecule has 1 aliphatic rings. The number of hydrogen-bond acceptors (Lipinski definition) is 6. The molecule has 3 aromatic heterocycles. The Morgan fingerprint density at radius 2 is 1.93 bits per heavy atom. The second kappa shape index (κ2) is 9.87. The summed E-state index contributed by atoms with van der Waals surface area (Å²) in [5, 5.41) is 9.67. The number of hydrogen-bond donors (Lipinski definition) is 3. The molecule has 1 aliphatic heterocycles. The minimum absolute atomic E-state index is 0.0866. The van der Waals surface area contributed by atoms with E-state index in [-0.39, 0.29) is 24.3 Å². The summed E-state index contributed by atoms with van der Waals surface area (Å²) >= 11 is 0. The predicted molar refractivity (Wildman–Crippen MR) is 138 cm³/mol. The number of urea groups is 1. The first-order chi connectivity index (χ1) is 19.2. The summed E-state index contributed by atoms with van der Waals surface area (Å²) in [5.41, 5.74) is 1.80. The van der Waals surface area contributed by atoms with Crippen molar-refractivity contribution >= 4 is 34.6 Å². The van der Waals surface area contributed by atoms with Crippen LogP contribution in [0.2, 0.25) is 0 Å². The second-order valence-corrected chi connectivity index (χ2v) is 9.02. The maximum absolute atomic E-state index is 13.1. The zero-order chi connectivity index (χ0) is 27.9. The predicted octanol–water partition coefficient (Wildman–Crippen LogP) is 3.95. The van der Waals surface area contributed by atoms with Crippen LogP contribution >= 0.6 is 0 Å². The van der Waals surface area contributed by atoms with Crippen LogP contribution in [-0.2, 0) is 6.18 Å². The van der Waals surface area contributed by atoms with Gasteiger partial charge in [-0.2, -0.15) is 13.2 Å². The molecule has 5 aromatic rings. The highest BCUT2D eigenvalue weighted by atomic mass is 19.4. The molecule has 0 atom stereocenters. The molecule has 0 saturated carbocycles. The number of anilines is 1. The minimum atomic E-state index is -4.44. The van der Waals surface area contributed by atoms with Gasteiger partial charge >= 0.3 is 12.2 Å². The molecule has 0 spiro atoms. The van der Waals surface area contributed by atoms with Gasteiger partial charge in [0.1, 0.15) is 12.3 Å². The van der Waals surface area contributed by atoms with Gasteiger partial charge in [-0.25, -0.2) is 19.3 Å². The first-order valence-electron chi connectivity index (χ1n) is 12.2. The van der Waals surface area contributed by atoms with E-state index in [1.54, 1.807) is 41.3 Å². The maximum atomic E-state index is 13.1. The number of carbonyl (C=O) groups is 2. The Morgan fingerprint density at radius 1 is 1.07 bits per heavy atom. The van der Waals surface area contributed by atoms with Crippen molar-refractivity contribution in [1.82, 2.24) is 34.8 Å². The summed E-state index contributed by atoms with van der Waals surface area (Å²) in [6.07, 6.45) is -3.00. The maximum Gasteiger partial charge on any atom is 0.416 e. The monoisotopic (exact) mass is 550 g/mol. The van der Waals surface area contributed by atoms with Crippen LogP contribution in [0.25, 0.3) is 27.8 Å². The number of alkyl halides is 3. The Hall–Kier alpha value is -5.14. The molecule has 3 amide bonds. The average molecular weight is 551 g/mol. The number of fused-ring (bicyclic) bond motifs is 2. The van der Waals surface area contributed by atoms with Crippen LogP contribution in [0.15, 0.2) is 60.8 Å². The van der Waals surface area contributed by atoms with Crippen LogP contribution < -0.4 is 15.4 Å². The lowest BCUT2D eigenvalue weighted by Crippen LogP contribution is -2.31.